The Labute approximate surface area is 157 Å². The number of aryl methyl sites for hydroxylation is 2. The highest BCUT2D eigenvalue weighted by Gasteiger charge is 2.44. The molecule has 26 heavy (non-hydrogen) atoms. The molecule has 2 heterocycles. The summed E-state index contributed by atoms with van der Waals surface area (Å²) in [6.07, 6.45) is 4.60. The fourth-order valence-electron chi connectivity index (χ4n) is 4.25. The van der Waals surface area contributed by atoms with Gasteiger partial charge in [-0.2, -0.15) is 0 Å². The summed E-state index contributed by atoms with van der Waals surface area (Å²) in [6.45, 7) is 1.15. The van der Waals surface area contributed by atoms with Crippen LogP contribution in [0.2, 0.25) is 0 Å². The molecule has 1 saturated heterocycles. The van der Waals surface area contributed by atoms with Gasteiger partial charge in [-0.25, -0.2) is 0 Å². The molecule has 0 N–H and O–H groups in total. The largest absolute Gasteiger partial charge is 0.468 e. The van der Waals surface area contributed by atoms with Crippen LogP contribution in [-0.2, 0) is 27.8 Å². The van der Waals surface area contributed by atoms with Crippen LogP contribution >= 0.6 is 11.3 Å². The number of likely N-dealkylation sites (tertiary alicyclic amines) is 1. The van der Waals surface area contributed by atoms with Gasteiger partial charge in [0.1, 0.15) is 0 Å². The topological polar surface area (TPSA) is 46.6 Å². The molecule has 1 aliphatic carbocycles. The van der Waals surface area contributed by atoms with E-state index in [0.29, 0.717) is 25.9 Å². The van der Waals surface area contributed by atoms with Gasteiger partial charge < -0.3 is 9.64 Å². The number of fused-ring (bicyclic) bond motifs is 1. The zero-order valence-electron chi connectivity index (χ0n) is 15.0. The third kappa shape index (κ3) is 2.84. The zero-order chi connectivity index (χ0) is 18.1. The predicted octanol–water partition coefficient (Wildman–Crippen LogP) is 3.58. The molecule has 1 aromatic heterocycles. The maximum Gasteiger partial charge on any atom is 0.316 e. The number of rotatable bonds is 3. The molecule has 0 radical (unpaired) electrons. The fourth-order valence-corrected chi connectivity index (χ4v) is 5.47. The molecule has 0 atom stereocenters. The van der Waals surface area contributed by atoms with E-state index in [1.165, 1.54) is 24.0 Å². The van der Waals surface area contributed by atoms with Crippen molar-refractivity contribution < 1.29 is 14.3 Å². The van der Waals surface area contributed by atoms with Gasteiger partial charge in [0.25, 0.3) is 5.91 Å². The number of hydrogen-bond donors (Lipinski definition) is 0. The van der Waals surface area contributed by atoms with Gasteiger partial charge in [0.15, 0.2) is 0 Å². The van der Waals surface area contributed by atoms with E-state index in [-0.39, 0.29) is 11.9 Å². The Bertz CT molecular complexity index is 798. The number of carbonyl (C=O) groups excluding carboxylic acids is 2. The maximum atomic E-state index is 12.9. The van der Waals surface area contributed by atoms with Gasteiger partial charge in [-0.05, 0) is 49.3 Å². The molecule has 0 bridgehead atoms. The first-order valence-electron chi connectivity index (χ1n) is 9.19. The van der Waals surface area contributed by atoms with Crippen molar-refractivity contribution in [1.29, 1.82) is 0 Å². The second-order valence-corrected chi connectivity index (χ2v) is 8.28. The smallest absolute Gasteiger partial charge is 0.316 e. The standard InChI is InChI=1S/C21H23NO3S/c1-25-20(24)21(16-7-3-2-4-8-16)10-12-22(13-11-21)19(23)18-14-15-6-5-9-17(15)26-18/h2-4,7-8,14H,5-6,9-13H2,1H3. The van der Waals surface area contributed by atoms with E-state index < -0.39 is 5.41 Å². The number of benzene rings is 1. The molecule has 0 saturated carbocycles. The summed E-state index contributed by atoms with van der Waals surface area (Å²) in [5.41, 5.74) is 1.68. The third-order valence-corrected chi connectivity index (χ3v) is 6.99. The van der Waals surface area contributed by atoms with E-state index in [4.69, 9.17) is 4.74 Å². The minimum Gasteiger partial charge on any atom is -0.468 e. The molecule has 2 aliphatic rings. The lowest BCUT2D eigenvalue weighted by Crippen LogP contribution is -2.49. The SMILES string of the molecule is COC(=O)C1(c2ccccc2)CCN(C(=O)c2cc3c(s2)CCC3)CC1. The molecular weight excluding hydrogens is 346 g/mol. The van der Waals surface area contributed by atoms with E-state index >= 15 is 0 Å². The number of thiophene rings is 1. The Morgan fingerprint density at radius 2 is 1.85 bits per heavy atom. The first-order valence-corrected chi connectivity index (χ1v) is 10.0. The van der Waals surface area contributed by atoms with Crippen molar-refractivity contribution in [2.75, 3.05) is 20.2 Å². The van der Waals surface area contributed by atoms with Crippen LogP contribution in [0.4, 0.5) is 0 Å². The van der Waals surface area contributed by atoms with Crippen molar-refractivity contribution in [1.82, 2.24) is 4.90 Å². The maximum absolute atomic E-state index is 12.9. The molecular formula is C21H23NO3S. The van der Waals surface area contributed by atoms with Crippen LogP contribution in [0.25, 0.3) is 0 Å². The van der Waals surface area contributed by atoms with E-state index in [0.717, 1.165) is 23.3 Å². The minimum absolute atomic E-state index is 0.107. The molecule has 1 aromatic carbocycles. The van der Waals surface area contributed by atoms with Gasteiger partial charge in [0, 0.05) is 18.0 Å². The van der Waals surface area contributed by atoms with Crippen molar-refractivity contribution in [3.05, 3.63) is 57.3 Å². The minimum atomic E-state index is -0.649. The summed E-state index contributed by atoms with van der Waals surface area (Å²) >= 11 is 1.65. The number of hydrogen-bond acceptors (Lipinski definition) is 4. The third-order valence-electron chi connectivity index (χ3n) is 5.76. The lowest BCUT2D eigenvalue weighted by molar-refractivity contribution is -0.149. The Balaban J connectivity index is 1.52. The summed E-state index contributed by atoms with van der Waals surface area (Å²) in [5, 5.41) is 0. The van der Waals surface area contributed by atoms with Gasteiger partial charge in [0.05, 0.1) is 17.4 Å². The van der Waals surface area contributed by atoms with Crippen LogP contribution in [0.5, 0.6) is 0 Å². The molecule has 0 spiro atoms. The van der Waals surface area contributed by atoms with E-state index in [2.05, 4.69) is 6.07 Å². The lowest BCUT2D eigenvalue weighted by Gasteiger charge is -2.40. The van der Waals surface area contributed by atoms with E-state index in [1.807, 2.05) is 35.2 Å². The Morgan fingerprint density at radius 3 is 2.50 bits per heavy atom. The van der Waals surface area contributed by atoms with Crippen molar-refractivity contribution >= 4 is 23.2 Å². The Kier molecular flexibility index (Phi) is 4.57. The average Bonchev–Trinajstić information content (AvgIpc) is 3.30. The summed E-state index contributed by atoms with van der Waals surface area (Å²) in [5.74, 6) is -0.0955. The molecule has 5 heteroatoms. The summed E-state index contributed by atoms with van der Waals surface area (Å²) < 4.78 is 5.13. The number of nitrogens with zero attached hydrogens (tertiary/aromatic N) is 1. The molecule has 1 fully saturated rings. The molecule has 1 amide bonds. The van der Waals surface area contributed by atoms with Gasteiger partial charge in [-0.1, -0.05) is 30.3 Å². The monoisotopic (exact) mass is 369 g/mol. The molecule has 4 nitrogen and oxygen atoms in total. The predicted molar refractivity (Wildman–Crippen MR) is 102 cm³/mol. The van der Waals surface area contributed by atoms with Gasteiger partial charge in [-0.15, -0.1) is 11.3 Å². The average molecular weight is 369 g/mol. The number of ether oxygens (including phenoxy) is 1. The quantitative estimate of drug-likeness (QED) is 0.777. The lowest BCUT2D eigenvalue weighted by atomic mass is 9.72. The molecule has 1 aliphatic heterocycles. The first-order chi connectivity index (χ1) is 12.6. The highest BCUT2D eigenvalue weighted by Crippen LogP contribution is 2.38. The van der Waals surface area contributed by atoms with Crippen LogP contribution in [-0.4, -0.2) is 37.0 Å². The second kappa shape index (κ2) is 6.88. The second-order valence-electron chi connectivity index (χ2n) is 7.14. The Morgan fingerprint density at radius 1 is 1.12 bits per heavy atom. The highest BCUT2D eigenvalue weighted by atomic mass is 32.1. The van der Waals surface area contributed by atoms with Crippen LogP contribution in [0.15, 0.2) is 36.4 Å². The van der Waals surface area contributed by atoms with E-state index in [1.54, 1.807) is 11.3 Å². The number of esters is 1. The first kappa shape index (κ1) is 17.3. The molecule has 0 unspecified atom stereocenters. The number of piperidine rings is 1. The normalized spacial score (nSPS) is 18.4. The van der Waals surface area contributed by atoms with Gasteiger partial charge in [0.2, 0.25) is 0 Å². The van der Waals surface area contributed by atoms with Crippen molar-refractivity contribution in [2.45, 2.75) is 37.5 Å². The van der Waals surface area contributed by atoms with Crippen LogP contribution in [0.1, 0.15) is 44.9 Å². The van der Waals surface area contributed by atoms with Crippen molar-refractivity contribution in [2.24, 2.45) is 0 Å². The zero-order valence-corrected chi connectivity index (χ0v) is 15.8. The number of amides is 1. The van der Waals surface area contributed by atoms with Crippen LogP contribution < -0.4 is 0 Å². The molecule has 4 rings (SSSR count). The fraction of sp³-hybridized carbons (Fsp3) is 0.429. The van der Waals surface area contributed by atoms with Crippen LogP contribution in [0, 0.1) is 0 Å². The van der Waals surface area contributed by atoms with Gasteiger partial charge in [-0.3, -0.25) is 9.59 Å². The van der Waals surface area contributed by atoms with Crippen molar-refractivity contribution in [3.8, 4) is 0 Å². The van der Waals surface area contributed by atoms with Crippen LogP contribution in [0.3, 0.4) is 0 Å². The highest BCUT2D eigenvalue weighted by molar-refractivity contribution is 7.14. The summed E-state index contributed by atoms with van der Waals surface area (Å²) in [6, 6.07) is 11.9. The summed E-state index contributed by atoms with van der Waals surface area (Å²) in [7, 11) is 1.44. The molecule has 136 valence electrons. The summed E-state index contributed by atoms with van der Waals surface area (Å²) in [4.78, 5) is 29.6. The van der Waals surface area contributed by atoms with E-state index in [9.17, 15) is 9.59 Å². The number of carbonyl (C=O) groups is 2. The van der Waals surface area contributed by atoms with Gasteiger partial charge >= 0.3 is 5.97 Å². The van der Waals surface area contributed by atoms with Crippen molar-refractivity contribution in [3.63, 3.8) is 0 Å². The molecule has 2 aromatic rings. The number of methoxy groups -OCH3 is 1. The Hall–Kier alpha value is -2.14.